The molecular formula is C21H21F2NO5. The number of ether oxygens (including phenoxy) is 2. The van der Waals surface area contributed by atoms with Gasteiger partial charge in [-0.25, -0.2) is 0 Å². The van der Waals surface area contributed by atoms with Crippen LogP contribution >= 0.6 is 0 Å². The Bertz CT molecular complexity index is 898. The topological polar surface area (TPSA) is 81.7 Å². The lowest BCUT2D eigenvalue weighted by molar-refractivity contribution is -0.147. The van der Waals surface area contributed by atoms with Gasteiger partial charge in [0.15, 0.2) is 12.4 Å². The molecular weight excluding hydrogens is 384 g/mol. The largest absolute Gasteiger partial charge is 0.456 e. The Morgan fingerprint density at radius 2 is 1.76 bits per heavy atom. The van der Waals surface area contributed by atoms with Crippen LogP contribution in [0.2, 0.25) is 0 Å². The van der Waals surface area contributed by atoms with Gasteiger partial charge in [-0.1, -0.05) is 29.8 Å². The van der Waals surface area contributed by atoms with E-state index >= 15 is 0 Å². The highest BCUT2D eigenvalue weighted by Gasteiger charge is 2.15. The quantitative estimate of drug-likeness (QED) is 0.503. The summed E-state index contributed by atoms with van der Waals surface area (Å²) >= 11 is 0. The third-order valence-electron chi connectivity index (χ3n) is 3.99. The molecule has 0 saturated carbocycles. The summed E-state index contributed by atoms with van der Waals surface area (Å²) in [6.45, 7) is 0.0262. The molecule has 154 valence electrons. The Hall–Kier alpha value is -3.29. The summed E-state index contributed by atoms with van der Waals surface area (Å²) in [4.78, 5) is 36.0. The highest BCUT2D eigenvalue weighted by atomic mass is 19.3. The van der Waals surface area contributed by atoms with Crippen LogP contribution in [0.4, 0.5) is 14.5 Å². The van der Waals surface area contributed by atoms with E-state index in [4.69, 9.17) is 4.74 Å². The summed E-state index contributed by atoms with van der Waals surface area (Å²) in [5.74, 6) is -1.83. The van der Waals surface area contributed by atoms with Crippen molar-refractivity contribution in [1.29, 1.82) is 0 Å². The molecule has 2 aromatic rings. The molecule has 0 fully saturated rings. The van der Waals surface area contributed by atoms with Gasteiger partial charge in [-0.15, -0.1) is 0 Å². The molecule has 0 heterocycles. The number of anilines is 1. The summed E-state index contributed by atoms with van der Waals surface area (Å²) in [6.07, 6.45) is -0.222. The molecule has 0 aromatic heterocycles. The van der Waals surface area contributed by atoms with E-state index in [2.05, 4.69) is 10.1 Å². The number of ketones is 1. The number of halogens is 2. The predicted octanol–water partition coefficient (Wildman–Crippen LogP) is 4.05. The van der Waals surface area contributed by atoms with E-state index in [1.807, 2.05) is 26.0 Å². The first-order valence-electron chi connectivity index (χ1n) is 8.86. The molecule has 6 nitrogen and oxygen atoms in total. The van der Waals surface area contributed by atoms with Gasteiger partial charge in [-0.05, 0) is 37.6 Å². The summed E-state index contributed by atoms with van der Waals surface area (Å²) in [6, 6.07) is 11.1. The number of nitrogens with one attached hydrogen (secondary N) is 1. The first-order chi connectivity index (χ1) is 13.8. The van der Waals surface area contributed by atoms with Gasteiger partial charge in [0.05, 0.1) is 12.1 Å². The van der Waals surface area contributed by atoms with Crippen molar-refractivity contribution in [2.45, 2.75) is 33.3 Å². The third-order valence-corrected chi connectivity index (χ3v) is 3.99. The molecule has 0 spiro atoms. The van der Waals surface area contributed by atoms with Crippen molar-refractivity contribution in [3.63, 3.8) is 0 Å². The summed E-state index contributed by atoms with van der Waals surface area (Å²) in [5, 5.41) is 2.33. The average Bonchev–Trinajstić information content (AvgIpc) is 2.67. The third kappa shape index (κ3) is 6.99. The van der Waals surface area contributed by atoms with Crippen LogP contribution in [0.25, 0.3) is 0 Å². The minimum Gasteiger partial charge on any atom is -0.456 e. The molecule has 0 aliphatic rings. The van der Waals surface area contributed by atoms with Crippen LogP contribution in [0.5, 0.6) is 5.75 Å². The van der Waals surface area contributed by atoms with E-state index in [0.717, 1.165) is 11.1 Å². The van der Waals surface area contributed by atoms with E-state index in [-0.39, 0.29) is 30.1 Å². The smallest absolute Gasteiger partial charge is 0.387 e. The molecule has 2 rings (SSSR count). The maximum Gasteiger partial charge on any atom is 0.387 e. The number of benzene rings is 2. The van der Waals surface area contributed by atoms with Crippen LogP contribution in [-0.4, -0.2) is 30.9 Å². The zero-order valence-electron chi connectivity index (χ0n) is 16.0. The molecule has 0 aliphatic heterocycles. The number of carbonyl (C=O) groups excluding carboxylic acids is 3. The molecule has 0 radical (unpaired) electrons. The lowest BCUT2D eigenvalue weighted by Gasteiger charge is -2.11. The van der Waals surface area contributed by atoms with E-state index in [1.54, 1.807) is 6.07 Å². The molecule has 2 aromatic carbocycles. The number of Topliss-reactive ketones (excluding diaryl/α,β-unsaturated/α-hetero) is 1. The minimum atomic E-state index is -3.04. The van der Waals surface area contributed by atoms with Crippen LogP contribution in [0.1, 0.15) is 34.3 Å². The van der Waals surface area contributed by atoms with E-state index in [1.165, 1.54) is 24.3 Å². The van der Waals surface area contributed by atoms with Gasteiger partial charge < -0.3 is 14.8 Å². The number of hydrogen-bond acceptors (Lipinski definition) is 5. The van der Waals surface area contributed by atoms with Gasteiger partial charge >= 0.3 is 12.6 Å². The van der Waals surface area contributed by atoms with Crippen molar-refractivity contribution in [2.24, 2.45) is 0 Å². The Balaban J connectivity index is 1.81. The second kappa shape index (κ2) is 10.3. The lowest BCUT2D eigenvalue weighted by Crippen LogP contribution is -2.21. The van der Waals surface area contributed by atoms with E-state index < -0.39 is 25.1 Å². The number of hydrogen-bond donors (Lipinski definition) is 1. The standard InChI is InChI=1S/C21H21F2NO5/c1-13-7-8-14(2)15(11-13)17(25)9-10-20(27)28-12-19(26)24-16-5-3-4-6-18(16)29-21(22)23/h3-8,11,21H,9-10,12H2,1-2H3,(H,24,26). The van der Waals surface area contributed by atoms with Gasteiger partial charge in [0, 0.05) is 12.0 Å². The van der Waals surface area contributed by atoms with Crippen LogP contribution in [0.15, 0.2) is 42.5 Å². The molecule has 0 saturated heterocycles. The molecule has 1 N–H and O–H groups in total. The highest BCUT2D eigenvalue weighted by molar-refractivity contribution is 5.99. The van der Waals surface area contributed by atoms with Crippen molar-refractivity contribution in [3.05, 3.63) is 59.2 Å². The monoisotopic (exact) mass is 405 g/mol. The normalized spacial score (nSPS) is 10.5. The Kier molecular flexibility index (Phi) is 7.82. The van der Waals surface area contributed by atoms with Gasteiger partial charge in [-0.2, -0.15) is 8.78 Å². The Morgan fingerprint density at radius 3 is 2.48 bits per heavy atom. The second-order valence-corrected chi connectivity index (χ2v) is 6.33. The first kappa shape index (κ1) is 22.0. The van der Waals surface area contributed by atoms with E-state index in [9.17, 15) is 23.2 Å². The molecule has 8 heteroatoms. The molecule has 29 heavy (non-hydrogen) atoms. The summed E-state index contributed by atoms with van der Waals surface area (Å²) in [5.41, 5.74) is 2.33. The number of para-hydroxylation sites is 2. The van der Waals surface area contributed by atoms with Crippen LogP contribution in [-0.2, 0) is 14.3 Å². The first-order valence-corrected chi connectivity index (χ1v) is 8.86. The predicted molar refractivity (Wildman–Crippen MR) is 102 cm³/mol. The fourth-order valence-corrected chi connectivity index (χ4v) is 2.56. The van der Waals surface area contributed by atoms with Crippen LogP contribution < -0.4 is 10.1 Å². The second-order valence-electron chi connectivity index (χ2n) is 6.33. The zero-order chi connectivity index (χ0) is 21.4. The zero-order valence-corrected chi connectivity index (χ0v) is 16.0. The number of esters is 1. The Morgan fingerprint density at radius 1 is 1.03 bits per heavy atom. The van der Waals surface area contributed by atoms with E-state index in [0.29, 0.717) is 5.56 Å². The van der Waals surface area contributed by atoms with Crippen LogP contribution in [0, 0.1) is 13.8 Å². The Labute approximate surface area is 166 Å². The molecule has 1 amide bonds. The van der Waals surface area contributed by atoms with Crippen molar-refractivity contribution in [2.75, 3.05) is 11.9 Å². The van der Waals surface area contributed by atoms with Crippen LogP contribution in [0.3, 0.4) is 0 Å². The van der Waals surface area contributed by atoms with Gasteiger partial charge in [0.1, 0.15) is 5.75 Å². The lowest BCUT2D eigenvalue weighted by atomic mass is 9.99. The fraction of sp³-hybridized carbons (Fsp3) is 0.286. The maximum atomic E-state index is 12.4. The minimum absolute atomic E-state index is 0.0268. The van der Waals surface area contributed by atoms with Gasteiger partial charge in [0.2, 0.25) is 0 Å². The summed E-state index contributed by atoms with van der Waals surface area (Å²) in [7, 11) is 0. The number of rotatable bonds is 9. The molecule has 0 aliphatic carbocycles. The van der Waals surface area contributed by atoms with Crippen molar-refractivity contribution in [3.8, 4) is 5.75 Å². The highest BCUT2D eigenvalue weighted by Crippen LogP contribution is 2.25. The number of aryl methyl sites for hydroxylation is 2. The summed E-state index contributed by atoms with van der Waals surface area (Å²) < 4.78 is 33.9. The van der Waals surface area contributed by atoms with Crippen molar-refractivity contribution >= 4 is 23.3 Å². The molecule has 0 bridgehead atoms. The molecule has 0 atom stereocenters. The van der Waals surface area contributed by atoms with Crippen molar-refractivity contribution in [1.82, 2.24) is 0 Å². The maximum absolute atomic E-state index is 12.4. The van der Waals surface area contributed by atoms with Crippen molar-refractivity contribution < 1.29 is 32.6 Å². The number of amides is 1. The SMILES string of the molecule is Cc1ccc(C)c(C(=O)CCC(=O)OCC(=O)Nc2ccccc2OC(F)F)c1. The van der Waals surface area contributed by atoms with Gasteiger partial charge in [-0.3, -0.25) is 14.4 Å². The number of alkyl halides is 2. The fourth-order valence-electron chi connectivity index (χ4n) is 2.56. The van der Waals surface area contributed by atoms with Gasteiger partial charge in [0.25, 0.3) is 5.91 Å². The number of carbonyl (C=O) groups is 3. The average molecular weight is 405 g/mol. The molecule has 0 unspecified atom stereocenters.